The van der Waals surface area contributed by atoms with Crippen molar-refractivity contribution in [3.63, 3.8) is 0 Å². The summed E-state index contributed by atoms with van der Waals surface area (Å²) in [5, 5.41) is 5.42. The van der Waals surface area contributed by atoms with Gasteiger partial charge in [0.2, 0.25) is 5.91 Å². The van der Waals surface area contributed by atoms with E-state index in [-0.39, 0.29) is 24.3 Å². The van der Waals surface area contributed by atoms with E-state index >= 15 is 0 Å². The van der Waals surface area contributed by atoms with Gasteiger partial charge >= 0.3 is 5.69 Å². The van der Waals surface area contributed by atoms with Gasteiger partial charge in [-0.25, -0.2) is 4.79 Å². The molecular weight excluding hydrogens is 348 g/mol. The van der Waals surface area contributed by atoms with E-state index in [0.29, 0.717) is 11.3 Å². The predicted octanol–water partition coefficient (Wildman–Crippen LogP) is 0.155. The quantitative estimate of drug-likeness (QED) is 0.754. The number of aromatic nitrogens is 2. The van der Waals surface area contributed by atoms with Crippen molar-refractivity contribution in [2.45, 2.75) is 26.4 Å². The number of hydrogen-bond acceptors (Lipinski definition) is 4. The topological polar surface area (TPSA) is 102 Å². The average molecular weight is 372 g/mol. The van der Waals surface area contributed by atoms with Crippen LogP contribution in [0.25, 0.3) is 0 Å². The van der Waals surface area contributed by atoms with E-state index in [1.54, 1.807) is 30.3 Å². The third-order valence-electron chi connectivity index (χ3n) is 4.34. The number of carbonyl (C=O) groups excluding carboxylic acids is 2. The minimum absolute atomic E-state index is 0.00504. The third-order valence-corrected chi connectivity index (χ3v) is 4.34. The molecule has 0 radical (unpaired) electrons. The van der Waals surface area contributed by atoms with Crippen molar-refractivity contribution in [1.29, 1.82) is 0 Å². The van der Waals surface area contributed by atoms with Crippen molar-refractivity contribution in [2.75, 3.05) is 0 Å². The molecule has 2 N–H and O–H groups in total. The van der Waals surface area contributed by atoms with Crippen molar-refractivity contribution in [3.05, 3.63) is 68.5 Å². The lowest BCUT2D eigenvalue weighted by Crippen LogP contribution is -2.50. The van der Waals surface area contributed by atoms with Gasteiger partial charge in [-0.1, -0.05) is 32.0 Å². The molecule has 2 rings (SSSR count). The number of benzene rings is 1. The first-order valence-corrected chi connectivity index (χ1v) is 8.62. The van der Waals surface area contributed by atoms with Crippen LogP contribution in [0.2, 0.25) is 0 Å². The molecule has 2 amide bonds. The van der Waals surface area contributed by atoms with E-state index < -0.39 is 17.3 Å². The lowest BCUT2D eigenvalue weighted by Gasteiger charge is -2.22. The Morgan fingerprint density at radius 3 is 2.26 bits per heavy atom. The molecule has 1 heterocycles. The van der Waals surface area contributed by atoms with Crippen molar-refractivity contribution >= 4 is 11.8 Å². The summed E-state index contributed by atoms with van der Waals surface area (Å²) in [5.41, 5.74) is -0.0667. The molecule has 8 heteroatoms. The van der Waals surface area contributed by atoms with E-state index in [0.717, 1.165) is 4.57 Å². The number of nitrogens with one attached hydrogen (secondary N) is 2. The lowest BCUT2D eigenvalue weighted by molar-refractivity contribution is -0.124. The summed E-state index contributed by atoms with van der Waals surface area (Å²) in [6.45, 7) is 3.65. The molecule has 0 fully saturated rings. The molecule has 8 nitrogen and oxygen atoms in total. The van der Waals surface area contributed by atoms with Gasteiger partial charge in [-0.05, 0) is 18.1 Å². The maximum Gasteiger partial charge on any atom is 0.330 e. The normalized spacial score (nSPS) is 11.9. The van der Waals surface area contributed by atoms with Gasteiger partial charge in [-0.3, -0.25) is 23.5 Å². The van der Waals surface area contributed by atoms with Crippen LogP contribution in [0.5, 0.6) is 0 Å². The second-order valence-corrected chi connectivity index (χ2v) is 6.65. The Morgan fingerprint density at radius 1 is 1.04 bits per heavy atom. The van der Waals surface area contributed by atoms with Gasteiger partial charge in [0.25, 0.3) is 11.5 Å². The fourth-order valence-electron chi connectivity index (χ4n) is 2.58. The molecule has 1 atom stereocenters. The van der Waals surface area contributed by atoms with E-state index in [4.69, 9.17) is 0 Å². The minimum Gasteiger partial charge on any atom is -0.349 e. The van der Waals surface area contributed by atoms with Crippen LogP contribution in [0.15, 0.2) is 46.0 Å². The molecule has 0 aliphatic rings. The first kappa shape index (κ1) is 20.2. The van der Waals surface area contributed by atoms with Crippen LogP contribution < -0.4 is 21.9 Å². The Balaban J connectivity index is 2.11. The highest BCUT2D eigenvalue weighted by atomic mass is 16.2. The van der Waals surface area contributed by atoms with Crippen molar-refractivity contribution in [1.82, 2.24) is 19.8 Å². The summed E-state index contributed by atoms with van der Waals surface area (Å²) in [6.07, 6.45) is 0. The van der Waals surface area contributed by atoms with Crippen molar-refractivity contribution < 1.29 is 9.59 Å². The Bertz CT molecular complexity index is 944. The molecule has 1 aromatic heterocycles. The average Bonchev–Trinajstić information content (AvgIpc) is 2.66. The molecule has 1 unspecified atom stereocenters. The highest BCUT2D eigenvalue weighted by Gasteiger charge is 2.24. The minimum atomic E-state index is -0.749. The van der Waals surface area contributed by atoms with Crippen LogP contribution in [0.3, 0.4) is 0 Å². The summed E-state index contributed by atoms with van der Waals surface area (Å²) in [4.78, 5) is 48.7. The highest BCUT2D eigenvalue weighted by Crippen LogP contribution is 2.06. The number of amides is 2. The molecule has 0 bridgehead atoms. The van der Waals surface area contributed by atoms with Crippen molar-refractivity contribution in [2.24, 2.45) is 20.0 Å². The van der Waals surface area contributed by atoms with Gasteiger partial charge < -0.3 is 10.6 Å². The molecule has 0 saturated heterocycles. The number of carbonyl (C=O) groups is 2. The highest BCUT2D eigenvalue weighted by molar-refractivity contribution is 5.97. The summed E-state index contributed by atoms with van der Waals surface area (Å²) < 4.78 is 2.29. The Kier molecular flexibility index (Phi) is 6.33. The fourth-order valence-corrected chi connectivity index (χ4v) is 2.58. The molecule has 27 heavy (non-hydrogen) atoms. The summed E-state index contributed by atoms with van der Waals surface area (Å²) in [5.74, 6) is -0.877. The maximum absolute atomic E-state index is 12.6. The largest absolute Gasteiger partial charge is 0.349 e. The van der Waals surface area contributed by atoms with Crippen LogP contribution in [0, 0.1) is 5.92 Å². The smallest absolute Gasteiger partial charge is 0.330 e. The lowest BCUT2D eigenvalue weighted by atomic mass is 10.0. The molecule has 0 saturated carbocycles. The van der Waals surface area contributed by atoms with Crippen LogP contribution >= 0.6 is 0 Å². The number of rotatable bonds is 6. The molecule has 0 aliphatic carbocycles. The van der Waals surface area contributed by atoms with Crippen LogP contribution in [0.4, 0.5) is 0 Å². The molecule has 1 aromatic carbocycles. The Labute approximate surface area is 156 Å². The monoisotopic (exact) mass is 372 g/mol. The van der Waals surface area contributed by atoms with Crippen LogP contribution in [-0.4, -0.2) is 27.0 Å². The predicted molar refractivity (Wildman–Crippen MR) is 101 cm³/mol. The second-order valence-electron chi connectivity index (χ2n) is 6.65. The van der Waals surface area contributed by atoms with E-state index in [1.807, 2.05) is 13.8 Å². The van der Waals surface area contributed by atoms with Gasteiger partial charge in [0.15, 0.2) is 0 Å². The van der Waals surface area contributed by atoms with Crippen LogP contribution in [-0.2, 0) is 25.4 Å². The zero-order chi connectivity index (χ0) is 20.1. The number of nitrogens with zero attached hydrogens (tertiary/aromatic N) is 2. The third kappa shape index (κ3) is 4.72. The standard InChI is InChI=1S/C19H24N4O4/c1-12(2)16(21-17(25)13-8-6-5-7-9-13)18(26)20-11-14-10-15(24)23(4)19(27)22(14)3/h5-10,12,16H,11H2,1-4H3,(H,20,26)(H,21,25). The van der Waals surface area contributed by atoms with Gasteiger partial charge in [0.1, 0.15) is 6.04 Å². The van der Waals surface area contributed by atoms with Gasteiger partial charge in [0.05, 0.1) is 6.54 Å². The first-order chi connectivity index (χ1) is 12.7. The van der Waals surface area contributed by atoms with Gasteiger partial charge in [-0.15, -0.1) is 0 Å². The Hall–Kier alpha value is -3.16. The SMILES string of the molecule is CC(C)C(NC(=O)c1ccccc1)C(=O)NCc1cc(=O)n(C)c(=O)n1C. The summed E-state index contributed by atoms with van der Waals surface area (Å²) in [7, 11) is 2.92. The molecule has 0 aliphatic heterocycles. The zero-order valence-electron chi connectivity index (χ0n) is 15.9. The Morgan fingerprint density at radius 2 is 1.67 bits per heavy atom. The van der Waals surface area contributed by atoms with Crippen molar-refractivity contribution in [3.8, 4) is 0 Å². The molecule has 2 aromatic rings. The first-order valence-electron chi connectivity index (χ1n) is 8.62. The summed E-state index contributed by atoms with van der Waals surface area (Å²) >= 11 is 0. The van der Waals surface area contributed by atoms with E-state index in [2.05, 4.69) is 10.6 Å². The molecular formula is C19H24N4O4. The maximum atomic E-state index is 12.6. The summed E-state index contributed by atoms with van der Waals surface area (Å²) in [6, 6.07) is 9.18. The van der Waals surface area contributed by atoms with E-state index in [1.165, 1.54) is 24.7 Å². The number of hydrogen-bond donors (Lipinski definition) is 2. The van der Waals surface area contributed by atoms with Gasteiger partial charge in [0, 0.05) is 31.4 Å². The fraction of sp³-hybridized carbons (Fsp3) is 0.368. The molecule has 144 valence electrons. The molecule has 0 spiro atoms. The second kappa shape index (κ2) is 8.48. The van der Waals surface area contributed by atoms with Crippen LogP contribution in [0.1, 0.15) is 29.9 Å². The van der Waals surface area contributed by atoms with E-state index in [9.17, 15) is 19.2 Å². The zero-order valence-corrected chi connectivity index (χ0v) is 15.9. The van der Waals surface area contributed by atoms with Gasteiger partial charge in [-0.2, -0.15) is 0 Å².